The number of nitrogens with one attached hydrogen (secondary N) is 2. The molecule has 1 saturated heterocycles. The number of sulfonamides is 1. The Morgan fingerprint density at radius 2 is 1.91 bits per heavy atom. The van der Waals surface area contributed by atoms with Crippen molar-refractivity contribution >= 4 is 33.3 Å². The predicted octanol–water partition coefficient (Wildman–Crippen LogP) is 4.27. The number of anilines is 2. The number of nitrogens with zero attached hydrogens (tertiary/aromatic N) is 5. The van der Waals surface area contributed by atoms with E-state index >= 15 is 0 Å². The second-order valence-electron chi connectivity index (χ2n) is 13.8. The molecule has 0 radical (unpaired) electrons. The van der Waals surface area contributed by atoms with Gasteiger partial charge in [0.15, 0.2) is 16.6 Å². The van der Waals surface area contributed by atoms with E-state index in [1.54, 1.807) is 12.1 Å². The first-order chi connectivity index (χ1) is 22.1. The number of aromatic nitrogens is 4. The van der Waals surface area contributed by atoms with Crippen molar-refractivity contribution in [2.45, 2.75) is 69.1 Å². The highest BCUT2D eigenvalue weighted by atomic mass is 32.2. The van der Waals surface area contributed by atoms with Crippen LogP contribution in [0.15, 0.2) is 47.6 Å². The molecule has 4 aliphatic rings. The highest BCUT2D eigenvalue weighted by Crippen LogP contribution is 2.64. The fourth-order valence-electron chi connectivity index (χ4n) is 7.18. The lowest BCUT2D eigenvalue weighted by Crippen LogP contribution is -2.41. The molecule has 2 unspecified atom stereocenters. The van der Waals surface area contributed by atoms with E-state index in [0.717, 1.165) is 19.3 Å². The van der Waals surface area contributed by atoms with Crippen molar-refractivity contribution in [3.63, 3.8) is 0 Å². The van der Waals surface area contributed by atoms with Gasteiger partial charge < -0.3 is 15.0 Å². The standard InChI is InChI=1S/C31H34F3N7O5S/c1-28(2)17-29-14-19(29)8-12-35-22-4-3-5-25(36-22)47(44,45)39-27(43)21-6-7-23(37-26(21)40(28)18-29)41-13-9-24(38-41)46-16-20(42)15-30(10-11-30)31(32,33)34/h3-7,9,13,19H,8,10-12,14-18H2,1-2H3,(H,35,36)(H,39,43). The molecule has 7 rings (SSSR count). The number of pyridine rings is 2. The molecule has 4 bridgehead atoms. The first kappa shape index (κ1) is 31.4. The summed E-state index contributed by atoms with van der Waals surface area (Å²) in [6, 6.07) is 9.00. The maximum atomic E-state index is 13.7. The monoisotopic (exact) mass is 673 g/mol. The Balaban J connectivity index is 1.18. The molecule has 2 aliphatic carbocycles. The zero-order chi connectivity index (χ0) is 33.4. The van der Waals surface area contributed by atoms with Gasteiger partial charge in [-0.1, -0.05) is 6.07 Å². The Labute approximate surface area is 269 Å². The molecular weight excluding hydrogens is 639 g/mol. The van der Waals surface area contributed by atoms with Gasteiger partial charge in [0.05, 0.1) is 11.0 Å². The van der Waals surface area contributed by atoms with E-state index in [9.17, 15) is 31.2 Å². The van der Waals surface area contributed by atoms with Gasteiger partial charge in [0.25, 0.3) is 15.9 Å². The van der Waals surface area contributed by atoms with Crippen LogP contribution in [-0.2, 0) is 14.8 Å². The molecule has 3 aromatic rings. The number of carbonyl (C=O) groups excluding carboxylic acids is 2. The fourth-order valence-corrected chi connectivity index (χ4v) is 8.11. The summed E-state index contributed by atoms with van der Waals surface area (Å²) in [6.07, 6.45) is -0.943. The normalized spacial score (nSPS) is 25.3. The lowest BCUT2D eigenvalue weighted by atomic mass is 9.92. The number of hydrogen-bond donors (Lipinski definition) is 2. The van der Waals surface area contributed by atoms with Crippen LogP contribution in [0.4, 0.5) is 24.8 Å². The average Bonchev–Trinajstić information content (AvgIpc) is 3.83. The molecule has 250 valence electrons. The van der Waals surface area contributed by atoms with Crippen LogP contribution in [0.25, 0.3) is 5.82 Å². The Bertz CT molecular complexity index is 1870. The van der Waals surface area contributed by atoms with Gasteiger partial charge in [-0.15, -0.1) is 5.10 Å². The third kappa shape index (κ3) is 5.80. The lowest BCUT2D eigenvalue weighted by Gasteiger charge is -2.33. The van der Waals surface area contributed by atoms with Crippen LogP contribution in [0.5, 0.6) is 5.88 Å². The van der Waals surface area contributed by atoms with E-state index in [0.29, 0.717) is 24.8 Å². The summed E-state index contributed by atoms with van der Waals surface area (Å²) in [5.41, 5.74) is -2.30. The van der Waals surface area contributed by atoms with Crippen molar-refractivity contribution in [1.29, 1.82) is 0 Å². The highest BCUT2D eigenvalue weighted by molar-refractivity contribution is 7.90. The molecule has 3 fully saturated rings. The van der Waals surface area contributed by atoms with Gasteiger partial charge in [-0.05, 0) is 81.5 Å². The second-order valence-corrected chi connectivity index (χ2v) is 15.4. The Kier molecular flexibility index (Phi) is 7.12. The summed E-state index contributed by atoms with van der Waals surface area (Å²) in [4.78, 5) is 37.0. The number of Topliss-reactive ketones (excluding diaryl/α,β-unsaturated/α-hetero) is 1. The SMILES string of the molecule is CC1(C)CC23CC2CCNc2cccc(n2)S(=O)(=O)NC(=O)c2ccc(-n4ccc(OCC(=O)CC5(C(F)(F)F)CC5)n4)nc2N1C3. The van der Waals surface area contributed by atoms with Gasteiger partial charge in [-0.25, -0.2) is 19.4 Å². The maximum absolute atomic E-state index is 13.7. The van der Waals surface area contributed by atoms with Crippen LogP contribution in [-0.4, -0.2) is 71.3 Å². The summed E-state index contributed by atoms with van der Waals surface area (Å²) in [5, 5.41) is 7.22. The molecule has 5 heterocycles. The highest BCUT2D eigenvalue weighted by Gasteiger charge is 2.64. The fraction of sp³-hybridized carbons (Fsp3) is 0.516. The number of alkyl halides is 3. The summed E-state index contributed by atoms with van der Waals surface area (Å²) < 4.78 is 75.2. The molecule has 12 nitrogen and oxygen atoms in total. The van der Waals surface area contributed by atoms with Crippen molar-refractivity contribution in [2.75, 3.05) is 29.9 Å². The largest absolute Gasteiger partial charge is 0.469 e. The number of fused-ring (bicyclic) bond motifs is 5. The first-order valence-corrected chi connectivity index (χ1v) is 16.9. The van der Waals surface area contributed by atoms with Crippen molar-refractivity contribution < 1.29 is 35.9 Å². The summed E-state index contributed by atoms with van der Waals surface area (Å²) >= 11 is 0. The van der Waals surface area contributed by atoms with Gasteiger partial charge in [0, 0.05) is 37.3 Å². The van der Waals surface area contributed by atoms with Crippen molar-refractivity contribution in [3.8, 4) is 11.7 Å². The van der Waals surface area contributed by atoms with Gasteiger partial charge in [-0.2, -0.15) is 21.6 Å². The van der Waals surface area contributed by atoms with E-state index < -0.39 is 51.9 Å². The van der Waals surface area contributed by atoms with Crippen LogP contribution >= 0.6 is 0 Å². The molecule has 47 heavy (non-hydrogen) atoms. The Morgan fingerprint density at radius 1 is 1.13 bits per heavy atom. The van der Waals surface area contributed by atoms with E-state index in [4.69, 9.17) is 9.72 Å². The number of ketones is 1. The summed E-state index contributed by atoms with van der Waals surface area (Å²) in [5.74, 6) is -0.115. The van der Waals surface area contributed by atoms with E-state index in [1.807, 2.05) is 0 Å². The van der Waals surface area contributed by atoms with Crippen LogP contribution in [0.1, 0.15) is 62.7 Å². The topological polar surface area (TPSA) is 148 Å². The number of halogens is 3. The molecule has 0 aromatic carbocycles. The molecule has 1 spiro atoms. The zero-order valence-corrected chi connectivity index (χ0v) is 26.6. The maximum Gasteiger partial charge on any atom is 0.394 e. The van der Waals surface area contributed by atoms with Gasteiger partial charge in [0.1, 0.15) is 18.2 Å². The number of ether oxygens (including phenoxy) is 1. The van der Waals surface area contributed by atoms with Crippen LogP contribution in [0, 0.1) is 16.7 Å². The number of carbonyl (C=O) groups is 2. The lowest BCUT2D eigenvalue weighted by molar-refractivity contribution is -0.190. The average molecular weight is 674 g/mol. The number of rotatable bonds is 6. The minimum Gasteiger partial charge on any atom is -0.469 e. The summed E-state index contributed by atoms with van der Waals surface area (Å²) in [7, 11) is -4.33. The van der Waals surface area contributed by atoms with Crippen LogP contribution in [0.3, 0.4) is 0 Å². The zero-order valence-electron chi connectivity index (χ0n) is 25.8. The van der Waals surface area contributed by atoms with E-state index in [1.165, 1.54) is 35.1 Å². The van der Waals surface area contributed by atoms with E-state index in [-0.39, 0.29) is 46.4 Å². The van der Waals surface area contributed by atoms with Gasteiger partial charge in [-0.3, -0.25) is 9.59 Å². The van der Waals surface area contributed by atoms with Gasteiger partial charge >= 0.3 is 6.18 Å². The van der Waals surface area contributed by atoms with E-state index in [2.05, 4.69) is 38.9 Å². The third-order valence-electron chi connectivity index (χ3n) is 9.90. The molecule has 2 aliphatic heterocycles. The predicted molar refractivity (Wildman–Crippen MR) is 163 cm³/mol. The minimum absolute atomic E-state index is 0.0154. The van der Waals surface area contributed by atoms with Crippen molar-refractivity contribution in [3.05, 3.63) is 48.2 Å². The third-order valence-corrected chi connectivity index (χ3v) is 11.1. The Morgan fingerprint density at radius 3 is 2.66 bits per heavy atom. The molecule has 2 N–H and O–H groups in total. The van der Waals surface area contributed by atoms with Crippen molar-refractivity contribution in [1.82, 2.24) is 24.5 Å². The summed E-state index contributed by atoms with van der Waals surface area (Å²) in [6.45, 7) is 4.82. The number of hydrogen-bond acceptors (Lipinski definition) is 10. The molecule has 16 heteroatoms. The van der Waals surface area contributed by atoms with Crippen molar-refractivity contribution in [2.24, 2.45) is 16.7 Å². The molecule has 1 amide bonds. The molecule has 2 atom stereocenters. The second kappa shape index (κ2) is 10.7. The van der Waals surface area contributed by atoms with Gasteiger partial charge in [0.2, 0.25) is 5.88 Å². The minimum atomic E-state index is -4.43. The van der Waals surface area contributed by atoms with Crippen LogP contribution in [0.2, 0.25) is 0 Å². The van der Waals surface area contributed by atoms with Crippen LogP contribution < -0.4 is 19.7 Å². The molecule has 3 aromatic heterocycles. The smallest absolute Gasteiger partial charge is 0.394 e. The Hall–Kier alpha value is -4.21. The molecule has 2 saturated carbocycles. The first-order valence-electron chi connectivity index (χ1n) is 15.4. The molecular formula is C31H34F3N7O5S. The quantitative estimate of drug-likeness (QED) is 0.389. The number of amides is 1.